The normalized spacial score (nSPS) is 24.3. The number of benzene rings is 1. The molecule has 140 valence electrons. The number of hydrogen-bond donors (Lipinski definition) is 0. The maximum absolute atomic E-state index is 14.6. The van der Waals surface area contributed by atoms with E-state index >= 15 is 0 Å². The Labute approximate surface area is 157 Å². The third-order valence-corrected chi connectivity index (χ3v) is 6.12. The molecular weight excluding hydrogens is 379 g/mol. The van der Waals surface area contributed by atoms with Gasteiger partial charge in [-0.25, -0.2) is 13.2 Å². The predicted octanol–water partition coefficient (Wildman–Crippen LogP) is 4.10. The van der Waals surface area contributed by atoms with Crippen molar-refractivity contribution < 1.29 is 13.2 Å². The van der Waals surface area contributed by atoms with Crippen LogP contribution < -0.4 is 4.90 Å². The number of fused-ring (bicyclic) bond motifs is 2. The molecule has 0 N–H and O–H groups in total. The van der Waals surface area contributed by atoms with E-state index in [1.165, 1.54) is 10.8 Å². The molecule has 1 aromatic carbocycles. The molecule has 1 aliphatic heterocycles. The summed E-state index contributed by atoms with van der Waals surface area (Å²) in [6.07, 6.45) is 3.40. The second kappa shape index (κ2) is 5.58. The highest BCUT2D eigenvalue weighted by Crippen LogP contribution is 2.58. The Morgan fingerprint density at radius 3 is 2.63 bits per heavy atom. The molecule has 0 bridgehead atoms. The van der Waals surface area contributed by atoms with Crippen LogP contribution in [0.25, 0.3) is 16.9 Å². The number of rotatable bonds is 2. The van der Waals surface area contributed by atoms with Gasteiger partial charge in [0.25, 0.3) is 5.78 Å². The Morgan fingerprint density at radius 1 is 1.19 bits per heavy atom. The van der Waals surface area contributed by atoms with Crippen LogP contribution in [0.1, 0.15) is 19.8 Å². The zero-order chi connectivity index (χ0) is 18.9. The predicted molar refractivity (Wildman–Crippen MR) is 94.1 cm³/mol. The van der Waals surface area contributed by atoms with Gasteiger partial charge in [-0.1, -0.05) is 18.5 Å². The molecule has 2 fully saturated rings. The first-order valence-electron chi connectivity index (χ1n) is 8.66. The van der Waals surface area contributed by atoms with Gasteiger partial charge in [-0.05, 0) is 24.2 Å². The summed E-state index contributed by atoms with van der Waals surface area (Å²) in [6.45, 7) is 3.67. The maximum Gasteiger partial charge on any atom is 0.255 e. The second-order valence-electron chi connectivity index (χ2n) is 7.57. The average molecular weight is 394 g/mol. The molecule has 2 unspecified atom stereocenters. The maximum atomic E-state index is 14.6. The zero-order valence-corrected chi connectivity index (χ0v) is 15.1. The molecule has 5 rings (SSSR count). The summed E-state index contributed by atoms with van der Waals surface area (Å²) >= 11 is 6.33. The van der Waals surface area contributed by atoms with Gasteiger partial charge in [0.05, 0.1) is 11.1 Å². The summed E-state index contributed by atoms with van der Waals surface area (Å²) in [5.41, 5.74) is -0.0132. The average Bonchev–Trinajstić information content (AvgIpc) is 3.05. The number of aromatic nitrogens is 4. The summed E-state index contributed by atoms with van der Waals surface area (Å²) in [4.78, 5) is 10.2. The summed E-state index contributed by atoms with van der Waals surface area (Å²) in [5.74, 6) is -1.89. The lowest BCUT2D eigenvalue weighted by molar-refractivity contribution is 0.411. The third-order valence-electron chi connectivity index (χ3n) is 5.85. The molecule has 1 aliphatic carbocycles. The van der Waals surface area contributed by atoms with E-state index in [9.17, 15) is 13.2 Å². The lowest BCUT2D eigenvalue weighted by Crippen LogP contribution is -2.36. The van der Waals surface area contributed by atoms with Crippen molar-refractivity contribution in [3.8, 4) is 11.1 Å². The van der Waals surface area contributed by atoms with Crippen LogP contribution >= 0.6 is 11.6 Å². The Kier molecular flexibility index (Phi) is 3.47. The van der Waals surface area contributed by atoms with E-state index in [2.05, 4.69) is 22.0 Å². The standard InChI is InChI=1S/C18H15ClF3N5/c1-18-2-3-26(7-9(18)6-18)16-14(13-11(21)4-10(20)5-12(13)22)15(19)25-17-23-8-24-27(16)17/h4-5,8-9H,2-3,6-7H2,1H3. The molecule has 3 aromatic rings. The van der Waals surface area contributed by atoms with Crippen LogP contribution in [0.4, 0.5) is 19.0 Å². The van der Waals surface area contributed by atoms with Crippen LogP contribution in [-0.4, -0.2) is 32.7 Å². The van der Waals surface area contributed by atoms with Gasteiger partial charge in [-0.15, -0.1) is 0 Å². The summed E-state index contributed by atoms with van der Waals surface area (Å²) in [5, 5.41) is 4.08. The minimum absolute atomic E-state index is 0.0638. The molecule has 3 heterocycles. The molecular formula is C18H15ClF3N5. The van der Waals surface area contributed by atoms with Crippen molar-refractivity contribution in [1.29, 1.82) is 0 Å². The quantitative estimate of drug-likeness (QED) is 0.615. The van der Waals surface area contributed by atoms with E-state index in [1.54, 1.807) is 0 Å². The highest BCUT2D eigenvalue weighted by atomic mass is 35.5. The van der Waals surface area contributed by atoms with Crippen LogP contribution in [0.3, 0.4) is 0 Å². The van der Waals surface area contributed by atoms with Crippen molar-refractivity contribution in [2.24, 2.45) is 11.3 Å². The van der Waals surface area contributed by atoms with E-state index in [4.69, 9.17) is 11.6 Å². The van der Waals surface area contributed by atoms with Gasteiger partial charge < -0.3 is 4.90 Å². The van der Waals surface area contributed by atoms with Gasteiger partial charge >= 0.3 is 0 Å². The van der Waals surface area contributed by atoms with E-state index in [1.807, 2.05) is 4.90 Å². The monoisotopic (exact) mass is 393 g/mol. The first kappa shape index (κ1) is 16.8. The summed E-state index contributed by atoms with van der Waals surface area (Å²) < 4.78 is 44.0. The summed E-state index contributed by atoms with van der Waals surface area (Å²) in [6, 6.07) is 1.27. The van der Waals surface area contributed by atoms with Crippen molar-refractivity contribution in [3.05, 3.63) is 41.1 Å². The van der Waals surface area contributed by atoms with Crippen LogP contribution in [0.15, 0.2) is 18.5 Å². The van der Waals surface area contributed by atoms with Crippen molar-refractivity contribution in [2.75, 3.05) is 18.0 Å². The van der Waals surface area contributed by atoms with Crippen molar-refractivity contribution in [2.45, 2.75) is 19.8 Å². The first-order chi connectivity index (χ1) is 12.9. The Balaban J connectivity index is 1.76. The Bertz CT molecular complexity index is 1060. The molecule has 2 aromatic heterocycles. The van der Waals surface area contributed by atoms with Gasteiger partial charge in [0.1, 0.15) is 34.7 Å². The SMILES string of the molecule is CC12CCN(c3c(-c4c(F)cc(F)cc4F)c(Cl)nc4ncnn34)CC1C2. The lowest BCUT2D eigenvalue weighted by Gasteiger charge is -2.33. The largest absolute Gasteiger partial charge is 0.356 e. The van der Waals surface area contributed by atoms with Gasteiger partial charge in [0, 0.05) is 25.2 Å². The molecule has 27 heavy (non-hydrogen) atoms. The van der Waals surface area contributed by atoms with Crippen LogP contribution in [0, 0.1) is 28.8 Å². The molecule has 0 radical (unpaired) electrons. The smallest absolute Gasteiger partial charge is 0.255 e. The molecule has 2 atom stereocenters. The van der Waals surface area contributed by atoms with E-state index in [-0.39, 0.29) is 16.5 Å². The molecule has 0 amide bonds. The molecule has 1 saturated carbocycles. The number of nitrogens with zero attached hydrogens (tertiary/aromatic N) is 5. The fourth-order valence-electron chi connectivity index (χ4n) is 4.13. The number of anilines is 1. The first-order valence-corrected chi connectivity index (χ1v) is 9.04. The van der Waals surface area contributed by atoms with Crippen LogP contribution in [-0.2, 0) is 0 Å². The van der Waals surface area contributed by atoms with Crippen LogP contribution in [0.5, 0.6) is 0 Å². The van der Waals surface area contributed by atoms with Gasteiger partial charge in [0.15, 0.2) is 0 Å². The second-order valence-corrected chi connectivity index (χ2v) is 7.93. The Hall–Kier alpha value is -2.35. The summed E-state index contributed by atoms with van der Waals surface area (Å²) in [7, 11) is 0. The molecule has 0 spiro atoms. The topological polar surface area (TPSA) is 46.3 Å². The van der Waals surface area contributed by atoms with E-state index in [0.29, 0.717) is 35.8 Å². The van der Waals surface area contributed by atoms with E-state index < -0.39 is 23.0 Å². The fourth-order valence-corrected chi connectivity index (χ4v) is 4.38. The molecule has 9 heteroatoms. The Morgan fingerprint density at radius 2 is 1.93 bits per heavy atom. The number of piperidine rings is 1. The third kappa shape index (κ3) is 2.50. The number of halogens is 4. The lowest BCUT2D eigenvalue weighted by atomic mass is 9.97. The minimum Gasteiger partial charge on any atom is -0.356 e. The molecule has 2 aliphatic rings. The van der Waals surface area contributed by atoms with Gasteiger partial charge in [0.2, 0.25) is 0 Å². The van der Waals surface area contributed by atoms with Crippen LogP contribution in [0.2, 0.25) is 5.15 Å². The van der Waals surface area contributed by atoms with E-state index in [0.717, 1.165) is 19.4 Å². The number of hydrogen-bond acceptors (Lipinski definition) is 4. The van der Waals surface area contributed by atoms with Crippen molar-refractivity contribution >= 4 is 23.2 Å². The molecule has 5 nitrogen and oxygen atoms in total. The highest BCUT2D eigenvalue weighted by Gasteiger charge is 2.53. The van der Waals surface area contributed by atoms with Crippen molar-refractivity contribution in [1.82, 2.24) is 19.6 Å². The van der Waals surface area contributed by atoms with Crippen molar-refractivity contribution in [3.63, 3.8) is 0 Å². The fraction of sp³-hybridized carbons (Fsp3) is 0.389. The highest BCUT2D eigenvalue weighted by molar-refractivity contribution is 6.33. The van der Waals surface area contributed by atoms with Gasteiger partial charge in [-0.2, -0.15) is 19.6 Å². The zero-order valence-electron chi connectivity index (χ0n) is 14.4. The molecule has 1 saturated heterocycles. The van der Waals surface area contributed by atoms with Gasteiger partial charge in [-0.3, -0.25) is 0 Å². The minimum atomic E-state index is -1.04.